The van der Waals surface area contributed by atoms with Gasteiger partial charge in [-0.25, -0.2) is 9.37 Å². The lowest BCUT2D eigenvalue weighted by Crippen LogP contribution is -2.06. The van der Waals surface area contributed by atoms with Crippen molar-refractivity contribution in [1.29, 1.82) is 0 Å². The number of H-pyrrole nitrogens is 1. The molecule has 0 aliphatic heterocycles. The third-order valence-electron chi connectivity index (χ3n) is 2.23. The van der Waals surface area contributed by atoms with E-state index in [0.717, 1.165) is 16.9 Å². The summed E-state index contributed by atoms with van der Waals surface area (Å²) in [6.07, 6.45) is 0. The standard InChI is InChI=1S/C10H12FN3/c1-6-7(11)3-4-8-10(6)14-9(13-8)5-12-2/h3-4,12H,5H2,1-2H3,(H,13,14). The Bertz CT molecular complexity index is 462. The molecule has 0 atom stereocenters. The Kier molecular flexibility index (Phi) is 2.21. The minimum Gasteiger partial charge on any atom is -0.341 e. The van der Waals surface area contributed by atoms with Crippen LogP contribution in [-0.4, -0.2) is 17.0 Å². The summed E-state index contributed by atoms with van der Waals surface area (Å²) in [7, 11) is 1.85. The summed E-state index contributed by atoms with van der Waals surface area (Å²) in [5.41, 5.74) is 2.20. The third kappa shape index (κ3) is 1.37. The molecule has 1 aromatic carbocycles. The lowest BCUT2D eigenvalue weighted by molar-refractivity contribution is 0.620. The quantitative estimate of drug-likeness (QED) is 0.762. The third-order valence-corrected chi connectivity index (χ3v) is 2.23. The first-order valence-corrected chi connectivity index (χ1v) is 4.50. The Morgan fingerprint density at radius 2 is 2.29 bits per heavy atom. The van der Waals surface area contributed by atoms with E-state index < -0.39 is 0 Å². The van der Waals surface area contributed by atoms with E-state index >= 15 is 0 Å². The van der Waals surface area contributed by atoms with E-state index in [1.165, 1.54) is 6.07 Å². The number of nitrogens with zero attached hydrogens (tertiary/aromatic N) is 1. The number of hydrogen-bond acceptors (Lipinski definition) is 2. The minimum atomic E-state index is -0.208. The van der Waals surface area contributed by atoms with Gasteiger partial charge >= 0.3 is 0 Å². The van der Waals surface area contributed by atoms with Crippen molar-refractivity contribution in [2.45, 2.75) is 13.5 Å². The number of aryl methyl sites for hydroxylation is 1. The molecule has 2 aromatic rings. The van der Waals surface area contributed by atoms with Crippen LogP contribution >= 0.6 is 0 Å². The maximum absolute atomic E-state index is 13.2. The summed E-state index contributed by atoms with van der Waals surface area (Å²) in [5, 5.41) is 2.99. The van der Waals surface area contributed by atoms with Gasteiger partial charge in [0, 0.05) is 5.56 Å². The molecule has 0 saturated carbocycles. The van der Waals surface area contributed by atoms with Gasteiger partial charge in [0.1, 0.15) is 11.6 Å². The molecule has 0 saturated heterocycles. The van der Waals surface area contributed by atoms with Crippen LogP contribution in [0.1, 0.15) is 11.4 Å². The zero-order valence-electron chi connectivity index (χ0n) is 8.19. The van der Waals surface area contributed by atoms with Crippen LogP contribution in [0.4, 0.5) is 4.39 Å². The second-order valence-electron chi connectivity index (χ2n) is 3.28. The first-order chi connectivity index (χ1) is 6.72. The van der Waals surface area contributed by atoms with Gasteiger partial charge in [-0.1, -0.05) is 0 Å². The first-order valence-electron chi connectivity index (χ1n) is 4.50. The molecule has 0 radical (unpaired) electrons. The van der Waals surface area contributed by atoms with Gasteiger partial charge < -0.3 is 10.3 Å². The van der Waals surface area contributed by atoms with Crippen molar-refractivity contribution in [2.24, 2.45) is 0 Å². The summed E-state index contributed by atoms with van der Waals surface area (Å²) in [6.45, 7) is 2.40. The molecule has 1 heterocycles. The van der Waals surface area contributed by atoms with Gasteiger partial charge in [0.2, 0.25) is 0 Å². The monoisotopic (exact) mass is 193 g/mol. The summed E-state index contributed by atoms with van der Waals surface area (Å²) >= 11 is 0. The lowest BCUT2D eigenvalue weighted by atomic mass is 10.2. The highest BCUT2D eigenvalue weighted by Crippen LogP contribution is 2.18. The molecular formula is C10H12FN3. The van der Waals surface area contributed by atoms with E-state index in [0.29, 0.717) is 12.1 Å². The molecule has 3 nitrogen and oxygen atoms in total. The number of aromatic amines is 1. The second-order valence-corrected chi connectivity index (χ2v) is 3.28. The Morgan fingerprint density at radius 3 is 3.00 bits per heavy atom. The van der Waals surface area contributed by atoms with E-state index in [4.69, 9.17) is 0 Å². The smallest absolute Gasteiger partial charge is 0.128 e. The Labute approximate surface area is 81.4 Å². The fourth-order valence-corrected chi connectivity index (χ4v) is 1.49. The normalized spacial score (nSPS) is 11.1. The van der Waals surface area contributed by atoms with Crippen LogP contribution < -0.4 is 5.32 Å². The number of hydrogen-bond donors (Lipinski definition) is 2. The van der Waals surface area contributed by atoms with Crippen molar-refractivity contribution >= 4 is 11.0 Å². The Morgan fingerprint density at radius 1 is 1.50 bits per heavy atom. The highest BCUT2D eigenvalue weighted by molar-refractivity contribution is 5.78. The number of imidazole rings is 1. The van der Waals surface area contributed by atoms with Crippen molar-refractivity contribution in [3.63, 3.8) is 0 Å². The zero-order chi connectivity index (χ0) is 10.1. The van der Waals surface area contributed by atoms with Crippen molar-refractivity contribution in [1.82, 2.24) is 15.3 Å². The largest absolute Gasteiger partial charge is 0.341 e. The molecule has 0 bridgehead atoms. The molecule has 4 heteroatoms. The predicted molar refractivity (Wildman–Crippen MR) is 53.6 cm³/mol. The fraction of sp³-hybridized carbons (Fsp3) is 0.300. The van der Waals surface area contributed by atoms with Crippen LogP contribution in [-0.2, 0) is 6.54 Å². The maximum Gasteiger partial charge on any atom is 0.128 e. The average Bonchev–Trinajstić information content (AvgIpc) is 2.56. The molecule has 0 aliphatic carbocycles. The number of nitrogens with one attached hydrogen (secondary N) is 2. The van der Waals surface area contributed by atoms with Gasteiger partial charge in [-0.05, 0) is 26.1 Å². The molecule has 0 amide bonds. The molecule has 0 spiro atoms. The van der Waals surface area contributed by atoms with Crippen LogP contribution in [0.3, 0.4) is 0 Å². The summed E-state index contributed by atoms with van der Waals surface area (Å²) in [5.74, 6) is 0.621. The number of aromatic nitrogens is 2. The van der Waals surface area contributed by atoms with E-state index in [9.17, 15) is 4.39 Å². The SMILES string of the molecule is CNCc1nc2c(C)c(F)ccc2[nH]1. The topological polar surface area (TPSA) is 40.7 Å². The lowest BCUT2D eigenvalue weighted by Gasteiger charge is -1.94. The van der Waals surface area contributed by atoms with Gasteiger partial charge in [-0.3, -0.25) is 0 Å². The van der Waals surface area contributed by atoms with Gasteiger partial charge in [0.05, 0.1) is 17.6 Å². The summed E-state index contributed by atoms with van der Waals surface area (Å²) in [6, 6.07) is 3.17. The van der Waals surface area contributed by atoms with Gasteiger partial charge in [-0.15, -0.1) is 0 Å². The van der Waals surface area contributed by atoms with Crippen molar-refractivity contribution in [3.05, 3.63) is 29.3 Å². The summed E-state index contributed by atoms with van der Waals surface area (Å²) in [4.78, 5) is 7.43. The molecule has 0 fully saturated rings. The Balaban J connectivity index is 2.59. The van der Waals surface area contributed by atoms with E-state index in [1.807, 2.05) is 7.05 Å². The van der Waals surface area contributed by atoms with Gasteiger partial charge in [0.15, 0.2) is 0 Å². The molecular weight excluding hydrogens is 181 g/mol. The first kappa shape index (κ1) is 9.15. The highest BCUT2D eigenvalue weighted by Gasteiger charge is 2.07. The average molecular weight is 193 g/mol. The van der Waals surface area contributed by atoms with Crippen LogP contribution in [0.2, 0.25) is 0 Å². The number of halogens is 1. The van der Waals surface area contributed by atoms with E-state index in [2.05, 4.69) is 15.3 Å². The molecule has 0 aliphatic rings. The summed E-state index contributed by atoms with van der Waals surface area (Å²) < 4.78 is 13.2. The zero-order valence-corrected chi connectivity index (χ0v) is 8.19. The fourth-order valence-electron chi connectivity index (χ4n) is 1.49. The number of rotatable bonds is 2. The maximum atomic E-state index is 13.2. The highest BCUT2D eigenvalue weighted by atomic mass is 19.1. The van der Waals surface area contributed by atoms with Gasteiger partial charge in [0.25, 0.3) is 0 Å². The van der Waals surface area contributed by atoms with Crippen LogP contribution in [0, 0.1) is 12.7 Å². The predicted octanol–water partition coefficient (Wildman–Crippen LogP) is 1.73. The van der Waals surface area contributed by atoms with E-state index in [1.54, 1.807) is 13.0 Å². The number of fused-ring (bicyclic) bond motifs is 1. The second kappa shape index (κ2) is 3.38. The van der Waals surface area contributed by atoms with Crippen LogP contribution in [0.5, 0.6) is 0 Å². The number of benzene rings is 1. The van der Waals surface area contributed by atoms with Crippen LogP contribution in [0.15, 0.2) is 12.1 Å². The molecule has 2 rings (SSSR count). The van der Waals surface area contributed by atoms with Crippen molar-refractivity contribution in [2.75, 3.05) is 7.05 Å². The minimum absolute atomic E-state index is 0.208. The van der Waals surface area contributed by atoms with Crippen LogP contribution in [0.25, 0.3) is 11.0 Å². The molecule has 14 heavy (non-hydrogen) atoms. The van der Waals surface area contributed by atoms with Crippen molar-refractivity contribution < 1.29 is 4.39 Å². The molecule has 74 valence electrons. The Hall–Kier alpha value is -1.42. The van der Waals surface area contributed by atoms with E-state index in [-0.39, 0.29) is 5.82 Å². The molecule has 1 aromatic heterocycles. The van der Waals surface area contributed by atoms with Gasteiger partial charge in [-0.2, -0.15) is 0 Å². The molecule has 0 unspecified atom stereocenters. The molecule has 2 N–H and O–H groups in total. The van der Waals surface area contributed by atoms with Crippen molar-refractivity contribution in [3.8, 4) is 0 Å².